The van der Waals surface area contributed by atoms with Gasteiger partial charge in [0.25, 0.3) is 10.0 Å². The Bertz CT molecular complexity index is 1080. The van der Waals surface area contributed by atoms with Crippen LogP contribution in [-0.2, 0) is 19.9 Å². The Morgan fingerprint density at radius 1 is 0.966 bits per heavy atom. The number of aromatic nitrogens is 3. The predicted octanol–water partition coefficient (Wildman–Crippen LogP) is 0.583. The van der Waals surface area contributed by atoms with Gasteiger partial charge in [-0.05, 0) is 18.6 Å². The van der Waals surface area contributed by atoms with E-state index >= 15 is 0 Å². The number of urea groups is 1. The fourth-order valence-electron chi connectivity index (χ4n) is 2.19. The first-order valence-electron chi connectivity index (χ1n) is 8.12. The van der Waals surface area contributed by atoms with E-state index in [9.17, 15) is 21.6 Å². The first-order chi connectivity index (χ1) is 13.6. The molecule has 0 bridgehead atoms. The van der Waals surface area contributed by atoms with E-state index in [1.807, 2.05) is 0 Å². The molecule has 0 saturated carbocycles. The first kappa shape index (κ1) is 22.3. The van der Waals surface area contributed by atoms with Crippen molar-refractivity contribution in [3.8, 4) is 12.0 Å². The molecule has 2 amide bonds. The standard InChI is InChI=1S/C15H19N5O7S2/c1-4-9-28(22,23)10-7-5-6-8-11(10)29(24,25)20-13(21)16-12-17-14(26-2)19-15(18-12)27-3/h5-8H,4,9H2,1-3H3,(H2,16,17,18,19,20,21). The number of nitrogens with zero attached hydrogens (tertiary/aromatic N) is 3. The number of nitrogens with one attached hydrogen (secondary N) is 2. The molecule has 1 heterocycles. The van der Waals surface area contributed by atoms with Crippen LogP contribution in [0, 0.1) is 0 Å². The number of amides is 2. The van der Waals surface area contributed by atoms with Crippen molar-refractivity contribution in [1.29, 1.82) is 0 Å². The third-order valence-electron chi connectivity index (χ3n) is 3.36. The second kappa shape index (κ2) is 9.00. The maximum atomic E-state index is 12.6. The Labute approximate surface area is 167 Å². The first-order valence-corrected chi connectivity index (χ1v) is 11.3. The zero-order chi connectivity index (χ0) is 21.7. The number of hydrogen-bond donors (Lipinski definition) is 2. The lowest BCUT2D eigenvalue weighted by molar-refractivity contribution is 0.256. The van der Waals surface area contributed by atoms with Crippen LogP contribution >= 0.6 is 0 Å². The van der Waals surface area contributed by atoms with Crippen molar-refractivity contribution in [3.63, 3.8) is 0 Å². The van der Waals surface area contributed by atoms with Crippen molar-refractivity contribution in [1.82, 2.24) is 19.7 Å². The molecule has 158 valence electrons. The number of rotatable bonds is 8. The number of ether oxygens (including phenoxy) is 2. The summed E-state index contributed by atoms with van der Waals surface area (Å²) in [6.07, 6.45) is 0.299. The number of sulfone groups is 1. The molecule has 0 aliphatic carbocycles. The predicted molar refractivity (Wildman–Crippen MR) is 101 cm³/mol. The molecule has 12 nitrogen and oxygen atoms in total. The molecule has 1 aromatic heterocycles. The molecular weight excluding hydrogens is 426 g/mol. The van der Waals surface area contributed by atoms with Crippen molar-refractivity contribution >= 4 is 31.8 Å². The summed E-state index contributed by atoms with van der Waals surface area (Å²) in [7, 11) is -5.82. The third-order valence-corrected chi connectivity index (χ3v) is 6.85. The van der Waals surface area contributed by atoms with Crippen molar-refractivity contribution < 1.29 is 31.1 Å². The van der Waals surface area contributed by atoms with Crippen LogP contribution in [0.4, 0.5) is 10.7 Å². The summed E-state index contributed by atoms with van der Waals surface area (Å²) in [5, 5.41) is 2.10. The number of carbonyl (C=O) groups is 1. The zero-order valence-electron chi connectivity index (χ0n) is 15.7. The highest BCUT2D eigenvalue weighted by molar-refractivity contribution is 7.94. The monoisotopic (exact) mass is 445 g/mol. The fraction of sp³-hybridized carbons (Fsp3) is 0.333. The SMILES string of the molecule is CCCS(=O)(=O)c1ccccc1S(=O)(=O)NC(=O)Nc1nc(OC)nc(OC)n1. The van der Waals surface area contributed by atoms with Gasteiger partial charge in [0, 0.05) is 0 Å². The number of hydrogen-bond acceptors (Lipinski definition) is 10. The molecule has 0 aliphatic rings. The molecule has 0 fully saturated rings. The Balaban J connectivity index is 2.30. The average Bonchev–Trinajstić information content (AvgIpc) is 2.67. The Morgan fingerprint density at radius 3 is 2.03 bits per heavy atom. The lowest BCUT2D eigenvalue weighted by atomic mass is 10.4. The van der Waals surface area contributed by atoms with Gasteiger partial charge >= 0.3 is 18.1 Å². The summed E-state index contributed by atoms with van der Waals surface area (Å²) in [6.45, 7) is 1.65. The van der Waals surface area contributed by atoms with Gasteiger partial charge < -0.3 is 9.47 Å². The molecule has 0 atom stereocenters. The number of carbonyl (C=O) groups excluding carboxylic acids is 1. The molecule has 1 aromatic carbocycles. The minimum absolute atomic E-state index is 0.175. The lowest BCUT2D eigenvalue weighted by Gasteiger charge is -2.12. The molecule has 0 aliphatic heterocycles. The molecule has 2 N–H and O–H groups in total. The molecule has 2 rings (SSSR count). The van der Waals surface area contributed by atoms with Crippen LogP contribution in [-0.4, -0.2) is 57.8 Å². The lowest BCUT2D eigenvalue weighted by Crippen LogP contribution is -2.35. The summed E-state index contributed by atoms with van der Waals surface area (Å²) >= 11 is 0. The van der Waals surface area contributed by atoms with Gasteiger partial charge in [0.15, 0.2) is 9.84 Å². The van der Waals surface area contributed by atoms with E-state index in [1.165, 1.54) is 32.4 Å². The van der Waals surface area contributed by atoms with E-state index in [2.05, 4.69) is 20.3 Å². The summed E-state index contributed by atoms with van der Waals surface area (Å²) in [4.78, 5) is 22.4. The Kier molecular flexibility index (Phi) is 6.92. The minimum atomic E-state index is -4.52. The molecule has 29 heavy (non-hydrogen) atoms. The van der Waals surface area contributed by atoms with Crippen LogP contribution in [0.1, 0.15) is 13.3 Å². The van der Waals surface area contributed by atoms with Crippen molar-refractivity contribution in [2.75, 3.05) is 25.3 Å². The highest BCUT2D eigenvalue weighted by Crippen LogP contribution is 2.22. The van der Waals surface area contributed by atoms with E-state index < -0.39 is 35.7 Å². The van der Waals surface area contributed by atoms with E-state index in [0.717, 1.165) is 6.07 Å². The maximum Gasteiger partial charge on any atom is 0.335 e. The normalized spacial score (nSPS) is 11.6. The van der Waals surface area contributed by atoms with Crippen LogP contribution in [0.25, 0.3) is 0 Å². The highest BCUT2D eigenvalue weighted by Gasteiger charge is 2.27. The molecule has 0 unspecified atom stereocenters. The van der Waals surface area contributed by atoms with Gasteiger partial charge in [-0.15, -0.1) is 4.98 Å². The topological polar surface area (TPSA) is 167 Å². The van der Waals surface area contributed by atoms with Crippen LogP contribution in [0.5, 0.6) is 12.0 Å². The summed E-state index contributed by atoms with van der Waals surface area (Å²) in [5.41, 5.74) is 0. The molecular formula is C15H19N5O7S2. The number of methoxy groups -OCH3 is 2. The van der Waals surface area contributed by atoms with Crippen molar-refractivity contribution in [2.24, 2.45) is 0 Å². The summed E-state index contributed by atoms with van der Waals surface area (Å²) < 4.78 is 61.3. The van der Waals surface area contributed by atoms with E-state index in [1.54, 1.807) is 11.6 Å². The third kappa shape index (κ3) is 5.51. The molecule has 14 heteroatoms. The van der Waals surface area contributed by atoms with Gasteiger partial charge in [0.1, 0.15) is 4.90 Å². The number of sulfonamides is 1. The Morgan fingerprint density at radius 2 is 1.52 bits per heavy atom. The van der Waals surface area contributed by atoms with Crippen LogP contribution in [0.15, 0.2) is 34.1 Å². The number of anilines is 1. The van der Waals surface area contributed by atoms with Gasteiger partial charge in [-0.1, -0.05) is 19.1 Å². The smallest absolute Gasteiger partial charge is 0.335 e. The minimum Gasteiger partial charge on any atom is -0.467 e. The zero-order valence-corrected chi connectivity index (χ0v) is 17.4. The molecule has 0 radical (unpaired) electrons. The van der Waals surface area contributed by atoms with Gasteiger partial charge in [-0.25, -0.2) is 26.4 Å². The molecule has 0 saturated heterocycles. The number of benzene rings is 1. The summed E-state index contributed by atoms with van der Waals surface area (Å²) in [5.74, 6) is -0.579. The van der Waals surface area contributed by atoms with E-state index in [-0.39, 0.29) is 23.7 Å². The van der Waals surface area contributed by atoms with Crippen molar-refractivity contribution in [2.45, 2.75) is 23.1 Å². The van der Waals surface area contributed by atoms with Gasteiger partial charge in [0.05, 0.1) is 24.9 Å². The second-order valence-electron chi connectivity index (χ2n) is 5.46. The van der Waals surface area contributed by atoms with Crippen LogP contribution in [0.2, 0.25) is 0 Å². The van der Waals surface area contributed by atoms with Gasteiger partial charge in [-0.3, -0.25) is 5.32 Å². The van der Waals surface area contributed by atoms with E-state index in [0.29, 0.717) is 6.42 Å². The molecule has 2 aromatic rings. The molecule has 0 spiro atoms. The quantitative estimate of drug-likeness (QED) is 0.586. The van der Waals surface area contributed by atoms with E-state index in [4.69, 9.17) is 9.47 Å². The van der Waals surface area contributed by atoms with Crippen molar-refractivity contribution in [3.05, 3.63) is 24.3 Å². The summed E-state index contributed by atoms with van der Waals surface area (Å²) in [6, 6.07) is 3.43. The maximum absolute atomic E-state index is 12.6. The second-order valence-corrected chi connectivity index (χ2v) is 9.19. The van der Waals surface area contributed by atoms with Gasteiger partial charge in [0.2, 0.25) is 5.95 Å². The largest absolute Gasteiger partial charge is 0.467 e. The van der Waals surface area contributed by atoms with Gasteiger partial charge in [-0.2, -0.15) is 9.97 Å². The fourth-order valence-corrected chi connectivity index (χ4v) is 5.31. The van der Waals surface area contributed by atoms with Crippen LogP contribution < -0.4 is 19.5 Å². The highest BCUT2D eigenvalue weighted by atomic mass is 32.2. The Hall–Kier alpha value is -3.00. The average molecular weight is 445 g/mol. The van der Waals surface area contributed by atoms with Crippen LogP contribution in [0.3, 0.4) is 0 Å².